The molecule has 1 aromatic carbocycles. The number of methoxy groups -OCH3 is 1. The van der Waals surface area contributed by atoms with Gasteiger partial charge in [-0.25, -0.2) is 0 Å². The van der Waals surface area contributed by atoms with E-state index < -0.39 is 0 Å². The maximum Gasteiger partial charge on any atom is 0.250 e. The largest absolute Gasteiger partial charge is 0.497 e. The zero-order valence-corrected chi connectivity index (χ0v) is 14.1. The predicted molar refractivity (Wildman–Crippen MR) is 96.9 cm³/mol. The third-order valence-corrected chi connectivity index (χ3v) is 4.17. The van der Waals surface area contributed by atoms with Crippen LogP contribution >= 0.6 is 0 Å². The quantitative estimate of drug-likeness (QED) is 0.692. The van der Waals surface area contributed by atoms with Gasteiger partial charge in [0.25, 0.3) is 5.56 Å². The van der Waals surface area contributed by atoms with Crippen LogP contribution in [0.5, 0.6) is 5.75 Å². The maximum absolute atomic E-state index is 12.0. The molecule has 2 N–H and O–H groups in total. The summed E-state index contributed by atoms with van der Waals surface area (Å²) in [5.74, 6) is 0.749. The van der Waals surface area contributed by atoms with E-state index in [9.17, 15) is 9.59 Å². The number of rotatable bonds is 7. The van der Waals surface area contributed by atoms with Crippen LogP contribution in [0.4, 0.5) is 0 Å². The van der Waals surface area contributed by atoms with Crippen molar-refractivity contribution in [1.29, 1.82) is 0 Å². The summed E-state index contributed by atoms with van der Waals surface area (Å²) in [5, 5.41) is 4.01. The minimum atomic E-state index is -0.0944. The molecule has 0 saturated carbocycles. The number of aromatic amines is 1. The Morgan fingerprint density at radius 1 is 1.28 bits per heavy atom. The Balaban J connectivity index is 1.52. The van der Waals surface area contributed by atoms with Gasteiger partial charge in [-0.3, -0.25) is 9.59 Å². The fourth-order valence-corrected chi connectivity index (χ4v) is 2.78. The summed E-state index contributed by atoms with van der Waals surface area (Å²) >= 11 is 0. The number of aromatic nitrogens is 2. The van der Waals surface area contributed by atoms with E-state index >= 15 is 0 Å². The number of H-pyrrole nitrogens is 1. The fourth-order valence-electron chi connectivity index (χ4n) is 2.78. The van der Waals surface area contributed by atoms with Gasteiger partial charge in [0.1, 0.15) is 5.75 Å². The van der Waals surface area contributed by atoms with Gasteiger partial charge < -0.3 is 19.6 Å². The van der Waals surface area contributed by atoms with E-state index in [1.807, 2.05) is 24.4 Å². The van der Waals surface area contributed by atoms with Gasteiger partial charge in [-0.05, 0) is 36.2 Å². The lowest BCUT2D eigenvalue weighted by atomic mass is 10.1. The summed E-state index contributed by atoms with van der Waals surface area (Å²) in [4.78, 5) is 26.8. The summed E-state index contributed by atoms with van der Waals surface area (Å²) < 4.78 is 6.79. The molecular weight excluding hydrogens is 318 g/mol. The average molecular weight is 339 g/mol. The number of amides is 1. The molecular formula is C19H21N3O3. The second-order valence-corrected chi connectivity index (χ2v) is 5.81. The van der Waals surface area contributed by atoms with Gasteiger partial charge in [-0.2, -0.15) is 0 Å². The van der Waals surface area contributed by atoms with Crippen molar-refractivity contribution in [2.75, 3.05) is 13.7 Å². The van der Waals surface area contributed by atoms with Crippen molar-refractivity contribution in [3.05, 3.63) is 64.7 Å². The highest BCUT2D eigenvalue weighted by Crippen LogP contribution is 2.23. The lowest BCUT2D eigenvalue weighted by Gasteiger charge is -2.07. The van der Waals surface area contributed by atoms with Crippen LogP contribution in [-0.2, 0) is 17.8 Å². The zero-order chi connectivity index (χ0) is 17.6. The summed E-state index contributed by atoms with van der Waals surface area (Å²) in [6, 6.07) is 10.8. The van der Waals surface area contributed by atoms with Crippen LogP contribution in [-0.4, -0.2) is 29.1 Å². The Labute approximate surface area is 145 Å². The summed E-state index contributed by atoms with van der Waals surface area (Å²) in [6.07, 6.45) is 4.66. The molecule has 2 heterocycles. The molecule has 0 unspecified atom stereocenters. The minimum Gasteiger partial charge on any atom is -0.497 e. The molecule has 0 aliphatic rings. The molecule has 0 spiro atoms. The second kappa shape index (κ2) is 7.70. The summed E-state index contributed by atoms with van der Waals surface area (Å²) in [5.41, 5.74) is 2.09. The Hall–Kier alpha value is -3.02. The SMILES string of the molecule is COc1ccc2[nH]cc(CCNC(=O)CCn3ccccc3=O)c2c1. The molecule has 2 aromatic heterocycles. The van der Waals surface area contributed by atoms with Crippen LogP contribution in [0.15, 0.2) is 53.6 Å². The Morgan fingerprint density at radius 2 is 2.16 bits per heavy atom. The van der Waals surface area contributed by atoms with E-state index in [-0.39, 0.29) is 17.9 Å². The van der Waals surface area contributed by atoms with Crippen molar-refractivity contribution in [3.63, 3.8) is 0 Å². The molecule has 0 fully saturated rings. The third kappa shape index (κ3) is 4.09. The van der Waals surface area contributed by atoms with E-state index in [0.29, 0.717) is 13.1 Å². The summed E-state index contributed by atoms with van der Waals surface area (Å²) in [7, 11) is 1.64. The number of carbonyl (C=O) groups excluding carboxylic acids is 1. The molecule has 0 saturated heterocycles. The van der Waals surface area contributed by atoms with Gasteiger partial charge in [-0.15, -0.1) is 0 Å². The standard InChI is InChI=1S/C19H21N3O3/c1-25-15-5-6-17-16(12-15)14(13-21-17)7-9-20-18(23)8-11-22-10-3-2-4-19(22)24/h2-6,10,12-13,21H,7-9,11H2,1H3,(H,20,23). The van der Waals surface area contributed by atoms with Crippen LogP contribution in [0.25, 0.3) is 10.9 Å². The van der Waals surface area contributed by atoms with Crippen LogP contribution in [0.1, 0.15) is 12.0 Å². The zero-order valence-electron chi connectivity index (χ0n) is 14.1. The van der Waals surface area contributed by atoms with Gasteiger partial charge >= 0.3 is 0 Å². The highest BCUT2D eigenvalue weighted by molar-refractivity contribution is 5.84. The van der Waals surface area contributed by atoms with Crippen molar-refractivity contribution < 1.29 is 9.53 Å². The number of hydrogen-bond acceptors (Lipinski definition) is 3. The van der Waals surface area contributed by atoms with Crippen LogP contribution in [0.2, 0.25) is 0 Å². The van der Waals surface area contributed by atoms with Gasteiger partial charge in [0.05, 0.1) is 7.11 Å². The number of nitrogens with zero attached hydrogens (tertiary/aromatic N) is 1. The molecule has 0 bridgehead atoms. The minimum absolute atomic E-state index is 0.0619. The van der Waals surface area contributed by atoms with Crippen LogP contribution in [0, 0.1) is 0 Å². The van der Waals surface area contributed by atoms with Gasteiger partial charge in [-0.1, -0.05) is 6.07 Å². The lowest BCUT2D eigenvalue weighted by molar-refractivity contribution is -0.121. The van der Waals surface area contributed by atoms with E-state index in [1.54, 1.807) is 25.4 Å². The van der Waals surface area contributed by atoms with Crippen molar-refractivity contribution >= 4 is 16.8 Å². The van der Waals surface area contributed by atoms with Crippen LogP contribution in [0.3, 0.4) is 0 Å². The molecule has 6 nitrogen and oxygen atoms in total. The molecule has 0 atom stereocenters. The first-order valence-electron chi connectivity index (χ1n) is 8.23. The molecule has 0 radical (unpaired) electrons. The molecule has 6 heteroatoms. The number of carbonyl (C=O) groups is 1. The van der Waals surface area contributed by atoms with Crippen molar-refractivity contribution in [2.45, 2.75) is 19.4 Å². The molecule has 0 aliphatic carbocycles. The first kappa shape index (κ1) is 16.8. The molecule has 0 aliphatic heterocycles. The number of fused-ring (bicyclic) bond motifs is 1. The molecule has 3 rings (SSSR count). The Kier molecular flexibility index (Phi) is 5.18. The van der Waals surface area contributed by atoms with E-state index in [4.69, 9.17) is 4.74 Å². The average Bonchev–Trinajstić information content (AvgIpc) is 3.03. The maximum atomic E-state index is 12.0. The van der Waals surface area contributed by atoms with Gasteiger partial charge in [0, 0.05) is 48.9 Å². The van der Waals surface area contributed by atoms with Gasteiger partial charge in [0.15, 0.2) is 0 Å². The highest BCUT2D eigenvalue weighted by Gasteiger charge is 2.07. The fraction of sp³-hybridized carbons (Fsp3) is 0.263. The Bertz CT molecular complexity index is 927. The second-order valence-electron chi connectivity index (χ2n) is 5.81. The number of ether oxygens (including phenoxy) is 1. The highest BCUT2D eigenvalue weighted by atomic mass is 16.5. The van der Waals surface area contributed by atoms with Crippen molar-refractivity contribution in [1.82, 2.24) is 14.9 Å². The number of hydrogen-bond donors (Lipinski definition) is 2. The number of aryl methyl sites for hydroxylation is 1. The van der Waals surface area contributed by atoms with Crippen molar-refractivity contribution in [2.24, 2.45) is 0 Å². The summed E-state index contributed by atoms with van der Waals surface area (Å²) in [6.45, 7) is 0.933. The smallest absolute Gasteiger partial charge is 0.250 e. The Morgan fingerprint density at radius 3 is 2.96 bits per heavy atom. The molecule has 130 valence electrons. The number of benzene rings is 1. The lowest BCUT2D eigenvalue weighted by Crippen LogP contribution is -2.28. The third-order valence-electron chi connectivity index (χ3n) is 4.17. The molecule has 1 amide bonds. The van der Waals surface area contributed by atoms with E-state index in [2.05, 4.69) is 10.3 Å². The van der Waals surface area contributed by atoms with Gasteiger partial charge in [0.2, 0.25) is 5.91 Å². The molecule has 3 aromatic rings. The topological polar surface area (TPSA) is 76.1 Å². The molecule has 25 heavy (non-hydrogen) atoms. The van der Waals surface area contributed by atoms with E-state index in [0.717, 1.165) is 28.6 Å². The number of pyridine rings is 1. The first-order chi connectivity index (χ1) is 12.2. The number of nitrogens with one attached hydrogen (secondary N) is 2. The monoisotopic (exact) mass is 339 g/mol. The van der Waals surface area contributed by atoms with Crippen molar-refractivity contribution in [3.8, 4) is 5.75 Å². The first-order valence-corrected chi connectivity index (χ1v) is 8.23. The van der Waals surface area contributed by atoms with E-state index in [1.165, 1.54) is 10.6 Å². The predicted octanol–water partition coefficient (Wildman–Crippen LogP) is 2.09. The van der Waals surface area contributed by atoms with Crippen LogP contribution < -0.4 is 15.6 Å². The normalized spacial score (nSPS) is 10.8.